The first-order valence-corrected chi connectivity index (χ1v) is 19.0. The minimum Gasteiger partial charge on any atom is -0.340 e. The van der Waals surface area contributed by atoms with Crippen molar-refractivity contribution in [2.45, 2.75) is 55.7 Å². The van der Waals surface area contributed by atoms with E-state index in [0.29, 0.717) is 17.5 Å². The summed E-state index contributed by atoms with van der Waals surface area (Å²) in [6.45, 7) is 4.91. The Hall–Kier alpha value is -6.33. The van der Waals surface area contributed by atoms with E-state index in [9.17, 15) is 14.4 Å². The summed E-state index contributed by atoms with van der Waals surface area (Å²) in [4.78, 5) is 60.7. The number of benzene rings is 5. The van der Waals surface area contributed by atoms with E-state index in [1.165, 1.54) is 0 Å². The number of hydrogen-bond acceptors (Lipinski definition) is 11. The van der Waals surface area contributed by atoms with Gasteiger partial charge in [0, 0.05) is 21.9 Å². The highest BCUT2D eigenvalue weighted by atomic mass is 32.2. The number of carbonyl (C=O) groups is 3. The summed E-state index contributed by atoms with van der Waals surface area (Å²) in [5.74, 6) is -2.14. The first kappa shape index (κ1) is 38.4. The van der Waals surface area contributed by atoms with Crippen molar-refractivity contribution in [1.29, 1.82) is 0 Å². The molecule has 11 heteroatoms. The normalized spacial score (nSPS) is 12.7. The predicted molar refractivity (Wildman–Crippen MR) is 215 cm³/mol. The Balaban J connectivity index is 1.49. The fraction of sp³-hybridized carbons (Fsp3) is 0.182. The standard InChI is InChI=1S/C44H40N4O6S/c1-3-5-6-16-25-35(45-52-42(49)31-19-10-7-11-20-31)41(47-54-44(51)33-23-14-9-15-24-33)40(46-53-43(50)32-21-12-8-13-22-32)34-28-29-37-39(30-34)55-38-27-18-17-26-36(38)48(37)4-2/h7-15,17-24,26-30H,3-6,16,25H2,1-2H3/b45-35+,46-40+,47-41+. The van der Waals surface area contributed by atoms with Gasteiger partial charge in [0.25, 0.3) is 0 Å². The zero-order chi connectivity index (χ0) is 38.4. The van der Waals surface area contributed by atoms with Crippen molar-refractivity contribution in [2.75, 3.05) is 11.4 Å². The summed E-state index contributed by atoms with van der Waals surface area (Å²) < 4.78 is 0. The molecule has 0 bridgehead atoms. The van der Waals surface area contributed by atoms with Gasteiger partial charge in [-0.05, 0) is 80.4 Å². The third-order valence-corrected chi connectivity index (χ3v) is 9.80. The Morgan fingerprint density at radius 1 is 0.545 bits per heavy atom. The van der Waals surface area contributed by atoms with E-state index >= 15 is 0 Å². The van der Waals surface area contributed by atoms with Crippen molar-refractivity contribution in [3.63, 3.8) is 0 Å². The number of hydrogen-bond donors (Lipinski definition) is 0. The van der Waals surface area contributed by atoms with Gasteiger partial charge in [0.05, 0.1) is 28.1 Å². The second-order valence-electron chi connectivity index (χ2n) is 12.5. The molecule has 0 saturated heterocycles. The lowest BCUT2D eigenvalue weighted by Crippen LogP contribution is -2.28. The van der Waals surface area contributed by atoms with E-state index < -0.39 is 17.9 Å². The van der Waals surface area contributed by atoms with Gasteiger partial charge in [0.15, 0.2) is 5.71 Å². The van der Waals surface area contributed by atoms with Gasteiger partial charge < -0.3 is 19.4 Å². The molecule has 0 fully saturated rings. The first-order chi connectivity index (χ1) is 27.0. The molecule has 0 saturated carbocycles. The molecular weight excluding hydrogens is 713 g/mol. The van der Waals surface area contributed by atoms with Crippen LogP contribution >= 0.6 is 11.8 Å². The number of carbonyl (C=O) groups excluding carboxylic acids is 3. The smallest absolute Gasteiger partial charge is 0.340 e. The Morgan fingerprint density at radius 2 is 1.07 bits per heavy atom. The molecule has 55 heavy (non-hydrogen) atoms. The van der Waals surface area contributed by atoms with Crippen molar-refractivity contribution in [2.24, 2.45) is 15.5 Å². The van der Waals surface area contributed by atoms with Crippen molar-refractivity contribution < 1.29 is 28.9 Å². The van der Waals surface area contributed by atoms with Crippen molar-refractivity contribution >= 4 is 58.2 Å². The Kier molecular flexibility index (Phi) is 13.4. The summed E-state index contributed by atoms with van der Waals surface area (Å²) in [6.07, 6.45) is 3.70. The second-order valence-corrected chi connectivity index (χ2v) is 13.5. The Morgan fingerprint density at radius 3 is 1.65 bits per heavy atom. The number of nitrogens with zero attached hydrogens (tertiary/aromatic N) is 4. The SMILES string of the molecule is CCCCCCC(=N\OC(=O)c1ccccc1)/C(=N\OC(=O)c1ccccc1)C(=N/OC(=O)c1ccccc1)/c1ccc2c(c1)Sc1ccccc1N2CC. The first-order valence-electron chi connectivity index (χ1n) is 18.2. The molecule has 5 aromatic rings. The Bertz CT molecular complexity index is 2210. The third-order valence-electron chi connectivity index (χ3n) is 8.69. The molecule has 1 aliphatic heterocycles. The molecule has 1 aliphatic rings. The van der Waals surface area contributed by atoms with Crippen LogP contribution in [-0.2, 0) is 14.5 Å². The van der Waals surface area contributed by atoms with Crippen LogP contribution in [0.5, 0.6) is 0 Å². The maximum atomic E-state index is 13.3. The average Bonchev–Trinajstić information content (AvgIpc) is 3.24. The third kappa shape index (κ3) is 9.81. The van der Waals surface area contributed by atoms with Crippen LogP contribution in [0.2, 0.25) is 0 Å². The number of unbranched alkanes of at least 4 members (excludes halogenated alkanes) is 3. The number of fused-ring (bicyclic) bond motifs is 2. The van der Waals surface area contributed by atoms with Crippen LogP contribution < -0.4 is 4.90 Å². The van der Waals surface area contributed by atoms with E-state index in [1.54, 1.807) is 103 Å². The molecule has 6 rings (SSSR count). The number of oxime groups is 3. The molecule has 0 unspecified atom stereocenters. The fourth-order valence-electron chi connectivity index (χ4n) is 5.86. The minimum absolute atomic E-state index is 0.0421. The molecule has 0 aliphatic carbocycles. The molecule has 0 aromatic heterocycles. The number of anilines is 2. The van der Waals surface area contributed by atoms with E-state index in [-0.39, 0.29) is 34.7 Å². The summed E-state index contributed by atoms with van der Waals surface area (Å²) in [5.41, 5.74) is 3.57. The van der Waals surface area contributed by atoms with Gasteiger partial charge in [-0.2, -0.15) is 0 Å². The largest absolute Gasteiger partial charge is 0.365 e. The van der Waals surface area contributed by atoms with Gasteiger partial charge in [0.1, 0.15) is 11.4 Å². The van der Waals surface area contributed by atoms with Gasteiger partial charge >= 0.3 is 17.9 Å². The summed E-state index contributed by atoms with van der Waals surface area (Å²) >= 11 is 1.59. The monoisotopic (exact) mass is 752 g/mol. The molecule has 0 atom stereocenters. The molecule has 278 valence electrons. The molecule has 0 radical (unpaired) electrons. The highest BCUT2D eigenvalue weighted by Crippen LogP contribution is 2.48. The highest BCUT2D eigenvalue weighted by molar-refractivity contribution is 7.99. The zero-order valence-corrected chi connectivity index (χ0v) is 31.4. The van der Waals surface area contributed by atoms with Crippen LogP contribution in [0.4, 0.5) is 11.4 Å². The van der Waals surface area contributed by atoms with Gasteiger partial charge in [-0.3, -0.25) is 0 Å². The van der Waals surface area contributed by atoms with E-state index in [0.717, 1.165) is 47.0 Å². The van der Waals surface area contributed by atoms with E-state index in [2.05, 4.69) is 46.3 Å². The molecule has 10 nitrogen and oxygen atoms in total. The quantitative estimate of drug-likeness (QED) is 0.0449. The van der Waals surface area contributed by atoms with Crippen molar-refractivity contribution in [3.05, 3.63) is 156 Å². The summed E-state index contributed by atoms with van der Waals surface area (Å²) in [7, 11) is 0. The van der Waals surface area contributed by atoms with Crippen LogP contribution in [0, 0.1) is 0 Å². The molecular formula is C44H40N4O6S. The van der Waals surface area contributed by atoms with Gasteiger partial charge in [-0.25, -0.2) is 14.4 Å². The maximum absolute atomic E-state index is 13.3. The lowest BCUT2D eigenvalue weighted by Gasteiger charge is -2.32. The lowest BCUT2D eigenvalue weighted by atomic mass is 9.98. The van der Waals surface area contributed by atoms with Crippen LogP contribution in [0.3, 0.4) is 0 Å². The molecule has 0 N–H and O–H groups in total. The highest BCUT2D eigenvalue weighted by Gasteiger charge is 2.28. The summed E-state index contributed by atoms with van der Waals surface area (Å²) in [6, 6.07) is 39.2. The molecule has 5 aromatic carbocycles. The second kappa shape index (κ2) is 19.1. The van der Waals surface area contributed by atoms with Crippen LogP contribution in [0.25, 0.3) is 0 Å². The van der Waals surface area contributed by atoms with Gasteiger partial charge in [0.2, 0.25) is 0 Å². The number of rotatable bonds is 15. The predicted octanol–water partition coefficient (Wildman–Crippen LogP) is 10.3. The maximum Gasteiger partial charge on any atom is 0.365 e. The summed E-state index contributed by atoms with van der Waals surface area (Å²) in [5, 5.41) is 13.1. The molecule has 0 amide bonds. The van der Waals surface area contributed by atoms with Crippen molar-refractivity contribution in [3.8, 4) is 0 Å². The van der Waals surface area contributed by atoms with Gasteiger partial charge in [-0.1, -0.05) is 126 Å². The zero-order valence-electron chi connectivity index (χ0n) is 30.6. The number of para-hydroxylation sites is 1. The van der Waals surface area contributed by atoms with Gasteiger partial charge in [-0.15, -0.1) is 0 Å². The van der Waals surface area contributed by atoms with E-state index in [4.69, 9.17) is 14.5 Å². The van der Waals surface area contributed by atoms with Crippen LogP contribution in [0.1, 0.15) is 82.6 Å². The van der Waals surface area contributed by atoms with E-state index in [1.807, 2.05) is 30.3 Å². The topological polar surface area (TPSA) is 119 Å². The Labute approximate surface area is 324 Å². The molecule has 1 heterocycles. The molecule has 0 spiro atoms. The van der Waals surface area contributed by atoms with Crippen LogP contribution in [0.15, 0.2) is 159 Å². The fourth-order valence-corrected chi connectivity index (χ4v) is 7.00. The van der Waals surface area contributed by atoms with Crippen molar-refractivity contribution in [1.82, 2.24) is 0 Å². The van der Waals surface area contributed by atoms with Crippen LogP contribution in [-0.4, -0.2) is 41.6 Å². The minimum atomic E-state index is -0.735. The lowest BCUT2D eigenvalue weighted by molar-refractivity contribution is 0.0500. The average molecular weight is 753 g/mol.